The van der Waals surface area contributed by atoms with Crippen molar-refractivity contribution in [3.05, 3.63) is 23.0 Å². The van der Waals surface area contributed by atoms with Crippen LogP contribution in [-0.4, -0.2) is 47.6 Å². The van der Waals surface area contributed by atoms with Crippen molar-refractivity contribution in [3.63, 3.8) is 0 Å². The van der Waals surface area contributed by atoms with Gasteiger partial charge in [0, 0.05) is 19.0 Å². The molecular weight excluding hydrogens is 332 g/mol. The molecule has 0 aliphatic carbocycles. The molecule has 1 N–H and O–H groups in total. The van der Waals surface area contributed by atoms with E-state index >= 15 is 0 Å². The van der Waals surface area contributed by atoms with E-state index < -0.39 is 15.9 Å². The number of nitrogens with zero attached hydrogens (tertiary/aromatic N) is 3. The van der Waals surface area contributed by atoms with Gasteiger partial charge < -0.3 is 4.74 Å². The number of fused-ring (bicyclic) bond motifs is 1. The van der Waals surface area contributed by atoms with Gasteiger partial charge in [-0.2, -0.15) is 5.10 Å². The standard InChI is InChI=1S/C15H20N4O4S/c1-9-13(7-12-10(2)17-19(3)14(12)16-9)15(20)18-24(21,22)8-11-5-4-6-23-11/h7,11H,4-6,8H2,1-3H3,(H,18,20). The lowest BCUT2D eigenvalue weighted by Gasteiger charge is -2.12. The fraction of sp³-hybridized carbons (Fsp3) is 0.533. The molecule has 1 aliphatic heterocycles. The fourth-order valence-corrected chi connectivity index (χ4v) is 4.15. The van der Waals surface area contributed by atoms with Crippen LogP contribution in [0.1, 0.15) is 34.6 Å². The highest BCUT2D eigenvalue weighted by molar-refractivity contribution is 7.90. The Morgan fingerprint density at radius 1 is 1.42 bits per heavy atom. The number of pyridine rings is 1. The molecule has 24 heavy (non-hydrogen) atoms. The van der Waals surface area contributed by atoms with Crippen molar-refractivity contribution in [1.82, 2.24) is 19.5 Å². The van der Waals surface area contributed by atoms with Gasteiger partial charge >= 0.3 is 0 Å². The summed E-state index contributed by atoms with van der Waals surface area (Å²) in [5.41, 5.74) is 2.07. The lowest BCUT2D eigenvalue weighted by Crippen LogP contribution is -2.36. The Balaban J connectivity index is 1.85. The fourth-order valence-electron chi connectivity index (χ4n) is 2.92. The molecular formula is C15H20N4O4S. The lowest BCUT2D eigenvalue weighted by molar-refractivity contribution is 0.0979. The number of hydrogen-bond acceptors (Lipinski definition) is 6. The molecule has 0 spiro atoms. The van der Waals surface area contributed by atoms with Crippen molar-refractivity contribution >= 4 is 27.0 Å². The van der Waals surface area contributed by atoms with Gasteiger partial charge in [-0.1, -0.05) is 0 Å². The summed E-state index contributed by atoms with van der Waals surface area (Å²) >= 11 is 0. The summed E-state index contributed by atoms with van der Waals surface area (Å²) in [6, 6.07) is 1.64. The minimum absolute atomic E-state index is 0.209. The predicted octanol–water partition coefficient (Wildman–Crippen LogP) is 0.824. The van der Waals surface area contributed by atoms with E-state index in [2.05, 4.69) is 14.8 Å². The minimum atomic E-state index is -3.76. The zero-order valence-corrected chi connectivity index (χ0v) is 14.7. The third-order valence-corrected chi connectivity index (χ3v) is 5.42. The van der Waals surface area contributed by atoms with Crippen LogP contribution >= 0.6 is 0 Å². The zero-order valence-electron chi connectivity index (χ0n) is 13.9. The smallest absolute Gasteiger partial charge is 0.266 e. The van der Waals surface area contributed by atoms with Crippen LogP contribution in [0.25, 0.3) is 11.0 Å². The highest BCUT2D eigenvalue weighted by Gasteiger charge is 2.26. The molecule has 3 rings (SSSR count). The zero-order chi connectivity index (χ0) is 17.5. The third-order valence-electron chi connectivity index (χ3n) is 4.11. The van der Waals surface area contributed by atoms with Crippen molar-refractivity contribution in [2.45, 2.75) is 32.8 Å². The Morgan fingerprint density at radius 3 is 2.83 bits per heavy atom. The maximum absolute atomic E-state index is 12.4. The van der Waals surface area contributed by atoms with Gasteiger partial charge in [0.1, 0.15) is 0 Å². The molecule has 0 radical (unpaired) electrons. The molecule has 1 fully saturated rings. The average molecular weight is 352 g/mol. The lowest BCUT2D eigenvalue weighted by atomic mass is 10.1. The van der Waals surface area contributed by atoms with Crippen LogP contribution in [0, 0.1) is 13.8 Å². The summed E-state index contributed by atoms with van der Waals surface area (Å²) in [5.74, 6) is -0.887. The molecule has 1 atom stereocenters. The maximum Gasteiger partial charge on any atom is 0.266 e. The molecule has 1 amide bonds. The van der Waals surface area contributed by atoms with E-state index in [1.807, 2.05) is 6.92 Å². The first-order chi connectivity index (χ1) is 11.3. The van der Waals surface area contributed by atoms with Gasteiger partial charge in [0.15, 0.2) is 5.65 Å². The summed E-state index contributed by atoms with van der Waals surface area (Å²) in [6.45, 7) is 4.05. The number of sulfonamides is 1. The van der Waals surface area contributed by atoms with Crippen molar-refractivity contribution in [2.75, 3.05) is 12.4 Å². The second kappa shape index (κ2) is 6.14. The van der Waals surface area contributed by atoms with E-state index in [-0.39, 0.29) is 17.4 Å². The van der Waals surface area contributed by atoms with Gasteiger partial charge in [-0.3, -0.25) is 9.48 Å². The first kappa shape index (κ1) is 16.8. The SMILES string of the molecule is Cc1nc2c(cc1C(=O)NS(=O)(=O)CC1CCCO1)c(C)nn2C. The van der Waals surface area contributed by atoms with Crippen LogP contribution in [0.2, 0.25) is 0 Å². The number of aromatic nitrogens is 3. The number of carbonyl (C=O) groups is 1. The third kappa shape index (κ3) is 3.27. The van der Waals surface area contributed by atoms with Crippen LogP contribution in [0.3, 0.4) is 0 Å². The Morgan fingerprint density at radius 2 is 2.17 bits per heavy atom. The Kier molecular flexibility index (Phi) is 4.31. The van der Waals surface area contributed by atoms with Crippen molar-refractivity contribution in [2.24, 2.45) is 7.05 Å². The topological polar surface area (TPSA) is 103 Å². The van der Waals surface area contributed by atoms with E-state index in [1.165, 1.54) is 0 Å². The molecule has 3 heterocycles. The van der Waals surface area contributed by atoms with Crippen molar-refractivity contribution < 1.29 is 17.9 Å². The van der Waals surface area contributed by atoms with Crippen LogP contribution in [-0.2, 0) is 21.8 Å². The number of nitrogens with one attached hydrogen (secondary N) is 1. The summed E-state index contributed by atoms with van der Waals surface area (Å²) in [6.07, 6.45) is 1.18. The van der Waals surface area contributed by atoms with E-state index in [4.69, 9.17) is 4.74 Å². The molecule has 9 heteroatoms. The maximum atomic E-state index is 12.4. The number of aryl methyl sites for hydroxylation is 3. The van der Waals surface area contributed by atoms with E-state index in [0.717, 1.165) is 17.5 Å². The average Bonchev–Trinajstić information content (AvgIpc) is 3.06. The van der Waals surface area contributed by atoms with Gasteiger partial charge in [0.05, 0.1) is 28.8 Å². The van der Waals surface area contributed by atoms with Gasteiger partial charge in [-0.05, 0) is 32.8 Å². The minimum Gasteiger partial charge on any atom is -0.377 e. The molecule has 130 valence electrons. The molecule has 0 bridgehead atoms. The van der Waals surface area contributed by atoms with Crippen LogP contribution in [0.4, 0.5) is 0 Å². The normalized spacial score (nSPS) is 18.2. The number of ether oxygens (including phenoxy) is 1. The Hall–Kier alpha value is -2.00. The Bertz CT molecular complexity index is 898. The number of rotatable bonds is 4. The number of amides is 1. The van der Waals surface area contributed by atoms with Crippen molar-refractivity contribution in [3.8, 4) is 0 Å². The summed E-state index contributed by atoms with van der Waals surface area (Å²) < 4.78 is 33.4. The number of hydrogen-bond donors (Lipinski definition) is 1. The van der Waals surface area contributed by atoms with E-state index in [0.29, 0.717) is 24.4 Å². The largest absolute Gasteiger partial charge is 0.377 e. The van der Waals surface area contributed by atoms with Gasteiger partial charge in [0.25, 0.3) is 5.91 Å². The molecule has 1 saturated heterocycles. The summed E-state index contributed by atoms with van der Waals surface area (Å²) in [5, 5.41) is 4.99. The van der Waals surface area contributed by atoms with Crippen LogP contribution in [0.5, 0.6) is 0 Å². The summed E-state index contributed by atoms with van der Waals surface area (Å²) in [4.78, 5) is 16.8. The molecule has 2 aromatic heterocycles. The second-order valence-electron chi connectivity index (χ2n) is 6.05. The van der Waals surface area contributed by atoms with Gasteiger partial charge in [0.2, 0.25) is 10.0 Å². The van der Waals surface area contributed by atoms with Gasteiger partial charge in [-0.25, -0.2) is 18.1 Å². The molecule has 0 saturated carbocycles. The molecule has 0 aromatic carbocycles. The Labute approximate surface area is 140 Å². The monoisotopic (exact) mass is 352 g/mol. The summed E-state index contributed by atoms with van der Waals surface area (Å²) in [7, 11) is -1.99. The highest BCUT2D eigenvalue weighted by atomic mass is 32.2. The first-order valence-corrected chi connectivity index (χ1v) is 9.39. The van der Waals surface area contributed by atoms with Crippen LogP contribution < -0.4 is 4.72 Å². The van der Waals surface area contributed by atoms with Crippen LogP contribution in [0.15, 0.2) is 6.07 Å². The van der Waals surface area contributed by atoms with Gasteiger partial charge in [-0.15, -0.1) is 0 Å². The number of carbonyl (C=O) groups excluding carboxylic acids is 1. The first-order valence-electron chi connectivity index (χ1n) is 7.74. The molecule has 1 aliphatic rings. The van der Waals surface area contributed by atoms with E-state index in [9.17, 15) is 13.2 Å². The molecule has 8 nitrogen and oxygen atoms in total. The second-order valence-corrected chi connectivity index (χ2v) is 7.82. The highest BCUT2D eigenvalue weighted by Crippen LogP contribution is 2.20. The molecule has 2 aromatic rings. The quantitative estimate of drug-likeness (QED) is 0.874. The predicted molar refractivity (Wildman–Crippen MR) is 88.2 cm³/mol. The van der Waals surface area contributed by atoms with E-state index in [1.54, 1.807) is 24.7 Å². The van der Waals surface area contributed by atoms with Crippen molar-refractivity contribution in [1.29, 1.82) is 0 Å². The molecule has 1 unspecified atom stereocenters.